The molecule has 2 atom stereocenters. The number of carbonyl (C=O) groups is 1. The second-order valence-electron chi connectivity index (χ2n) is 11.6. The number of rotatable bonds is 5. The molecule has 0 bridgehead atoms. The minimum atomic E-state index is -0.770. The SMILES string of the molecule is Cn1cnc(C2CC3CC(O)(Cn4ccc(C(C)(C)C)n4)CC3C2)c1C(=O)Nc1ccc(F)c(Cl)c1. The minimum Gasteiger partial charge on any atom is -0.388 e. The van der Waals surface area contributed by atoms with Gasteiger partial charge in [0.15, 0.2) is 0 Å². The highest BCUT2D eigenvalue weighted by Crippen LogP contribution is 2.54. The summed E-state index contributed by atoms with van der Waals surface area (Å²) in [6.07, 6.45) is 6.85. The van der Waals surface area contributed by atoms with Gasteiger partial charge in [0.2, 0.25) is 0 Å². The highest BCUT2D eigenvalue weighted by molar-refractivity contribution is 6.31. The van der Waals surface area contributed by atoms with Gasteiger partial charge < -0.3 is 15.0 Å². The van der Waals surface area contributed by atoms with Crippen molar-refractivity contribution >= 4 is 23.2 Å². The van der Waals surface area contributed by atoms with E-state index in [1.807, 2.05) is 16.9 Å². The van der Waals surface area contributed by atoms with Crippen LogP contribution >= 0.6 is 11.6 Å². The van der Waals surface area contributed by atoms with Crippen molar-refractivity contribution in [2.45, 2.75) is 69.9 Å². The second-order valence-corrected chi connectivity index (χ2v) is 12.0. The maximum absolute atomic E-state index is 13.5. The molecule has 192 valence electrons. The quantitative estimate of drug-likeness (QED) is 0.485. The lowest BCUT2D eigenvalue weighted by Gasteiger charge is -2.25. The molecule has 2 N–H and O–H groups in total. The van der Waals surface area contributed by atoms with Crippen LogP contribution in [0.1, 0.15) is 74.2 Å². The van der Waals surface area contributed by atoms with Gasteiger partial charge in [-0.05, 0) is 61.8 Å². The van der Waals surface area contributed by atoms with Crippen LogP contribution in [-0.4, -0.2) is 35.9 Å². The number of anilines is 1. The molecule has 2 fully saturated rings. The number of nitrogens with zero attached hydrogens (tertiary/aromatic N) is 4. The smallest absolute Gasteiger partial charge is 0.274 e. The molecule has 0 radical (unpaired) electrons. The molecule has 7 nitrogen and oxygen atoms in total. The molecule has 2 aromatic heterocycles. The van der Waals surface area contributed by atoms with Crippen LogP contribution < -0.4 is 5.32 Å². The lowest BCUT2D eigenvalue weighted by atomic mass is 9.92. The van der Waals surface area contributed by atoms with Gasteiger partial charge in [0.05, 0.1) is 34.9 Å². The van der Waals surface area contributed by atoms with Crippen molar-refractivity contribution in [3.05, 3.63) is 64.7 Å². The molecule has 9 heteroatoms. The molecule has 2 heterocycles. The van der Waals surface area contributed by atoms with Gasteiger partial charge in [0.25, 0.3) is 5.91 Å². The maximum atomic E-state index is 13.5. The first-order valence-electron chi connectivity index (χ1n) is 12.5. The Balaban J connectivity index is 1.26. The first kappa shape index (κ1) is 25.0. The Morgan fingerprint density at radius 2 is 1.94 bits per heavy atom. The third-order valence-electron chi connectivity index (χ3n) is 7.74. The van der Waals surface area contributed by atoms with E-state index in [1.54, 1.807) is 17.9 Å². The fraction of sp³-hybridized carbons (Fsp3) is 0.519. The van der Waals surface area contributed by atoms with Crippen LogP contribution in [0.4, 0.5) is 10.1 Å². The largest absolute Gasteiger partial charge is 0.388 e. The molecular formula is C27H33ClFN5O2. The predicted molar refractivity (Wildman–Crippen MR) is 137 cm³/mol. The van der Waals surface area contributed by atoms with E-state index in [0.29, 0.717) is 29.8 Å². The number of halogens is 2. The van der Waals surface area contributed by atoms with Crippen LogP contribution in [0.3, 0.4) is 0 Å². The number of aryl methyl sites for hydroxylation is 1. The molecule has 2 aliphatic carbocycles. The van der Waals surface area contributed by atoms with Crippen molar-refractivity contribution in [1.82, 2.24) is 19.3 Å². The van der Waals surface area contributed by atoms with Gasteiger partial charge in [-0.25, -0.2) is 9.37 Å². The molecule has 5 rings (SSSR count). The molecule has 1 amide bonds. The Morgan fingerprint density at radius 3 is 2.56 bits per heavy atom. The fourth-order valence-electron chi connectivity index (χ4n) is 6.06. The third kappa shape index (κ3) is 4.81. The highest BCUT2D eigenvalue weighted by atomic mass is 35.5. The van der Waals surface area contributed by atoms with E-state index in [2.05, 4.69) is 31.1 Å². The Morgan fingerprint density at radius 1 is 1.25 bits per heavy atom. The van der Waals surface area contributed by atoms with Gasteiger partial charge >= 0.3 is 0 Å². The fourth-order valence-corrected chi connectivity index (χ4v) is 6.24. The van der Waals surface area contributed by atoms with E-state index in [0.717, 1.165) is 37.1 Å². The van der Waals surface area contributed by atoms with E-state index in [9.17, 15) is 14.3 Å². The number of hydrogen-bond donors (Lipinski definition) is 2. The molecule has 0 saturated heterocycles. The highest BCUT2D eigenvalue weighted by Gasteiger charge is 2.50. The summed E-state index contributed by atoms with van der Waals surface area (Å²) in [7, 11) is 1.80. The van der Waals surface area contributed by atoms with Crippen LogP contribution in [0.2, 0.25) is 5.02 Å². The topological polar surface area (TPSA) is 85.0 Å². The summed E-state index contributed by atoms with van der Waals surface area (Å²) in [6, 6.07) is 6.15. The maximum Gasteiger partial charge on any atom is 0.274 e. The van der Waals surface area contributed by atoms with Gasteiger partial charge in [0.1, 0.15) is 11.5 Å². The summed E-state index contributed by atoms with van der Waals surface area (Å²) < 4.78 is 17.1. The summed E-state index contributed by atoms with van der Waals surface area (Å²) in [4.78, 5) is 17.7. The molecule has 36 heavy (non-hydrogen) atoms. The average molecular weight is 514 g/mol. The Bertz CT molecular complexity index is 1280. The van der Waals surface area contributed by atoms with Crippen molar-refractivity contribution in [3.63, 3.8) is 0 Å². The predicted octanol–water partition coefficient (Wildman–Crippen LogP) is 5.29. The van der Waals surface area contributed by atoms with E-state index in [-0.39, 0.29) is 22.3 Å². The summed E-state index contributed by atoms with van der Waals surface area (Å²) in [5, 5.41) is 18.9. The van der Waals surface area contributed by atoms with Crippen LogP contribution in [0, 0.1) is 17.7 Å². The lowest BCUT2D eigenvalue weighted by molar-refractivity contribution is 0.0174. The zero-order valence-corrected chi connectivity index (χ0v) is 21.9. The number of aromatic nitrogens is 4. The number of aliphatic hydroxyl groups is 1. The third-order valence-corrected chi connectivity index (χ3v) is 8.03. The lowest BCUT2D eigenvalue weighted by Crippen LogP contribution is -2.32. The van der Waals surface area contributed by atoms with Crippen molar-refractivity contribution in [3.8, 4) is 0 Å². The van der Waals surface area contributed by atoms with Crippen molar-refractivity contribution in [1.29, 1.82) is 0 Å². The van der Waals surface area contributed by atoms with Crippen LogP contribution in [0.25, 0.3) is 0 Å². The summed E-state index contributed by atoms with van der Waals surface area (Å²) in [6.45, 7) is 6.90. The van der Waals surface area contributed by atoms with Gasteiger partial charge in [0, 0.05) is 30.3 Å². The van der Waals surface area contributed by atoms with E-state index in [4.69, 9.17) is 16.7 Å². The van der Waals surface area contributed by atoms with E-state index in [1.165, 1.54) is 18.2 Å². The Kier molecular flexibility index (Phi) is 6.24. The van der Waals surface area contributed by atoms with E-state index < -0.39 is 11.4 Å². The normalized spacial score (nSPS) is 25.8. The summed E-state index contributed by atoms with van der Waals surface area (Å²) in [5.74, 6) is 0.0866. The molecular weight excluding hydrogens is 481 g/mol. The van der Waals surface area contributed by atoms with Crippen molar-refractivity contribution in [2.75, 3.05) is 5.32 Å². The molecule has 2 unspecified atom stereocenters. The Hall–Kier alpha value is -2.71. The Labute approximate surface area is 215 Å². The zero-order valence-electron chi connectivity index (χ0n) is 21.1. The van der Waals surface area contributed by atoms with Gasteiger partial charge in [-0.3, -0.25) is 9.48 Å². The number of amides is 1. The van der Waals surface area contributed by atoms with Gasteiger partial charge in [-0.15, -0.1) is 0 Å². The van der Waals surface area contributed by atoms with Gasteiger partial charge in [-0.2, -0.15) is 5.10 Å². The van der Waals surface area contributed by atoms with Crippen LogP contribution in [-0.2, 0) is 19.0 Å². The first-order valence-corrected chi connectivity index (χ1v) is 12.8. The standard InChI is InChI=1S/C27H33ClFN5O2/c1-26(2,3)22-7-8-34(32-22)14-27(36)12-17-9-16(10-18(17)13-27)23-24(33(4)15-30-23)25(35)31-19-5-6-21(29)20(28)11-19/h5-8,11,15-18,36H,9-10,12-14H2,1-4H3,(H,31,35). The number of nitrogens with one attached hydrogen (secondary N) is 1. The molecule has 2 saturated carbocycles. The number of imidazole rings is 1. The van der Waals surface area contributed by atoms with Crippen molar-refractivity contribution in [2.24, 2.45) is 18.9 Å². The van der Waals surface area contributed by atoms with Crippen LogP contribution in [0.5, 0.6) is 0 Å². The summed E-state index contributed by atoms with van der Waals surface area (Å²) >= 11 is 5.87. The molecule has 3 aromatic rings. The van der Waals surface area contributed by atoms with Crippen molar-refractivity contribution < 1.29 is 14.3 Å². The number of hydrogen-bond acceptors (Lipinski definition) is 4. The minimum absolute atomic E-state index is 0.0249. The van der Waals surface area contributed by atoms with Gasteiger partial charge in [-0.1, -0.05) is 32.4 Å². The number of benzene rings is 1. The zero-order chi connectivity index (χ0) is 25.8. The number of fused-ring (bicyclic) bond motifs is 1. The van der Waals surface area contributed by atoms with E-state index >= 15 is 0 Å². The number of carbonyl (C=O) groups excluding carboxylic acids is 1. The summed E-state index contributed by atoms with van der Waals surface area (Å²) in [5.41, 5.74) is 1.94. The molecule has 1 aromatic carbocycles. The molecule has 0 spiro atoms. The first-order chi connectivity index (χ1) is 16.9. The van der Waals surface area contributed by atoms with Crippen LogP contribution in [0.15, 0.2) is 36.8 Å². The molecule has 0 aliphatic heterocycles. The monoisotopic (exact) mass is 513 g/mol. The molecule has 2 aliphatic rings. The second kappa shape index (κ2) is 8.99. The average Bonchev–Trinajstić information content (AvgIpc) is 3.53.